The molecular formula is C30H57N21O3S. The molecule has 0 saturated carbocycles. The molecule has 0 spiro atoms. The normalized spacial score (nSPS) is 11.3. The molecule has 25 heteroatoms. The molecule has 0 aliphatic heterocycles. The minimum Gasteiger partial charge on any atom is -0.300 e. The van der Waals surface area contributed by atoms with E-state index in [1.54, 1.807) is 10.9 Å². The van der Waals surface area contributed by atoms with Crippen molar-refractivity contribution in [2.75, 3.05) is 66.2 Å². The SMILES string of the molecule is CCn1cc(CN(C)CCCN=[N+]=[N-])nn1.CN(CCCN=[N+]=[N-])Cc1cn(C(C)(C)C)nn1.CN(CCCN=[N+]=[N-])Cc1cn(CCCS(=O)(=O)O)nn1. The van der Waals surface area contributed by atoms with E-state index in [1.165, 1.54) is 0 Å². The Kier molecular flexibility index (Phi) is 23.5. The second-order valence-corrected chi connectivity index (χ2v) is 15.2. The van der Waals surface area contributed by atoms with Crippen molar-refractivity contribution < 1.29 is 13.0 Å². The lowest BCUT2D eigenvalue weighted by Gasteiger charge is -2.17. The van der Waals surface area contributed by atoms with Crippen LogP contribution in [0.25, 0.3) is 31.3 Å². The average molecular weight is 792 g/mol. The molecule has 0 unspecified atom stereocenters. The molecule has 0 fully saturated rings. The molecule has 0 amide bonds. The third-order valence-corrected chi connectivity index (χ3v) is 8.20. The van der Waals surface area contributed by atoms with Gasteiger partial charge < -0.3 is 14.7 Å². The molecule has 0 aliphatic rings. The van der Waals surface area contributed by atoms with E-state index >= 15 is 0 Å². The monoisotopic (exact) mass is 791 g/mol. The first-order valence-corrected chi connectivity index (χ1v) is 19.4. The third kappa shape index (κ3) is 24.2. The van der Waals surface area contributed by atoms with Crippen LogP contribution in [0, 0.1) is 0 Å². The first-order valence-electron chi connectivity index (χ1n) is 17.8. The van der Waals surface area contributed by atoms with Crippen LogP contribution in [0.4, 0.5) is 0 Å². The van der Waals surface area contributed by atoms with E-state index in [2.05, 4.69) is 91.6 Å². The molecule has 306 valence electrons. The number of aryl methyl sites for hydroxylation is 2. The van der Waals surface area contributed by atoms with Gasteiger partial charge in [-0.15, -0.1) is 15.3 Å². The summed E-state index contributed by atoms with van der Waals surface area (Å²) in [5.41, 5.74) is 27.1. The minimum absolute atomic E-state index is 0.0364. The van der Waals surface area contributed by atoms with E-state index < -0.39 is 10.1 Å². The molecule has 3 aromatic heterocycles. The van der Waals surface area contributed by atoms with Crippen LogP contribution in [0.15, 0.2) is 33.9 Å². The Balaban J connectivity index is 0.000000416. The highest BCUT2D eigenvalue weighted by atomic mass is 32.2. The molecule has 3 rings (SSSR count). The van der Waals surface area contributed by atoms with Crippen molar-refractivity contribution in [3.8, 4) is 0 Å². The molecular weight excluding hydrogens is 735 g/mol. The fourth-order valence-electron chi connectivity index (χ4n) is 4.63. The van der Waals surface area contributed by atoms with Gasteiger partial charge in [-0.3, -0.25) is 13.9 Å². The Bertz CT molecular complexity index is 1750. The smallest absolute Gasteiger partial charge is 0.264 e. The summed E-state index contributed by atoms with van der Waals surface area (Å²) >= 11 is 0. The number of aromatic nitrogens is 9. The highest BCUT2D eigenvalue weighted by Crippen LogP contribution is 2.12. The number of azide groups is 3. The van der Waals surface area contributed by atoms with E-state index in [-0.39, 0.29) is 17.7 Å². The summed E-state index contributed by atoms with van der Waals surface area (Å²) in [7, 11) is 2.03. The third-order valence-electron chi connectivity index (χ3n) is 7.39. The van der Waals surface area contributed by atoms with Gasteiger partial charge in [-0.25, -0.2) is 4.68 Å². The molecule has 0 atom stereocenters. The summed E-state index contributed by atoms with van der Waals surface area (Å²) in [6.07, 6.45) is 8.44. The Morgan fingerprint density at radius 2 is 1.09 bits per heavy atom. The van der Waals surface area contributed by atoms with Crippen molar-refractivity contribution >= 4 is 10.1 Å². The lowest BCUT2D eigenvalue weighted by Crippen LogP contribution is -2.22. The first-order chi connectivity index (χ1) is 26.1. The van der Waals surface area contributed by atoms with Crippen molar-refractivity contribution in [1.82, 2.24) is 59.7 Å². The molecule has 0 aromatic carbocycles. The molecule has 0 aliphatic carbocycles. The van der Waals surface area contributed by atoms with E-state index in [9.17, 15) is 8.42 Å². The van der Waals surface area contributed by atoms with Gasteiger partial charge in [0.1, 0.15) is 0 Å². The molecule has 24 nitrogen and oxygen atoms in total. The second kappa shape index (κ2) is 26.8. The molecule has 3 heterocycles. The maximum atomic E-state index is 10.6. The molecule has 0 saturated heterocycles. The molecule has 0 bridgehead atoms. The van der Waals surface area contributed by atoms with Gasteiger partial charge in [0.15, 0.2) is 0 Å². The zero-order valence-electron chi connectivity index (χ0n) is 33.1. The predicted octanol–water partition coefficient (Wildman–Crippen LogP) is 4.28. The minimum atomic E-state index is -3.93. The average Bonchev–Trinajstić information content (AvgIpc) is 3.89. The Morgan fingerprint density at radius 3 is 1.45 bits per heavy atom. The standard InChI is InChI=1S/C11H21N7.C10H19N7O3S.C9H17N7/c1-11(2,3)18-9-10(14-16-18)8-17(4)7-5-6-13-15-12;1-16(5-2-4-12-14-11)8-10-9-17(15-13-10)6-3-7-21(18,19)20;1-3-16-8-9(12-14-16)7-15(2)6-4-5-11-13-10/h9H,5-8H2,1-4H3;9H,2-8H2,1H3,(H,18,19,20);8H,3-7H2,1-2H3. The van der Waals surface area contributed by atoms with Crippen molar-refractivity contribution in [3.63, 3.8) is 0 Å². The van der Waals surface area contributed by atoms with E-state index in [4.69, 9.17) is 21.1 Å². The zero-order chi connectivity index (χ0) is 41.1. The van der Waals surface area contributed by atoms with Crippen LogP contribution < -0.4 is 0 Å². The lowest BCUT2D eigenvalue weighted by atomic mass is 10.1. The van der Waals surface area contributed by atoms with Gasteiger partial charge in [-0.05, 0) is 111 Å². The van der Waals surface area contributed by atoms with E-state index in [0.29, 0.717) is 32.7 Å². The molecule has 3 aromatic rings. The number of hydrogen-bond acceptors (Lipinski definition) is 14. The summed E-state index contributed by atoms with van der Waals surface area (Å²) in [4.78, 5) is 14.4. The van der Waals surface area contributed by atoms with Crippen molar-refractivity contribution in [1.29, 1.82) is 0 Å². The highest BCUT2D eigenvalue weighted by molar-refractivity contribution is 7.85. The van der Waals surface area contributed by atoms with Crippen molar-refractivity contribution in [2.24, 2.45) is 15.3 Å². The Morgan fingerprint density at radius 1 is 0.691 bits per heavy atom. The van der Waals surface area contributed by atoms with Gasteiger partial charge in [0.05, 0.1) is 34.6 Å². The van der Waals surface area contributed by atoms with E-state index in [0.717, 1.165) is 75.6 Å². The molecule has 55 heavy (non-hydrogen) atoms. The van der Waals surface area contributed by atoms with Gasteiger partial charge in [0, 0.05) is 79.5 Å². The Labute approximate surface area is 322 Å². The van der Waals surface area contributed by atoms with Crippen LogP contribution >= 0.6 is 0 Å². The maximum Gasteiger partial charge on any atom is 0.264 e. The summed E-state index contributed by atoms with van der Waals surface area (Å²) < 4.78 is 35.0. The maximum absolute atomic E-state index is 10.6. The fraction of sp³-hybridized carbons (Fsp3) is 0.800. The number of nitrogens with zero attached hydrogens (tertiary/aromatic N) is 21. The second-order valence-electron chi connectivity index (χ2n) is 13.6. The fourth-order valence-corrected chi connectivity index (χ4v) is 5.12. The van der Waals surface area contributed by atoms with Gasteiger partial charge in [-0.2, -0.15) is 8.42 Å². The molecule has 0 radical (unpaired) electrons. The summed E-state index contributed by atoms with van der Waals surface area (Å²) in [5, 5.41) is 34.7. The molecule has 1 N–H and O–H groups in total. The quantitative estimate of drug-likeness (QED) is 0.0462. The largest absolute Gasteiger partial charge is 0.300 e. The van der Waals surface area contributed by atoms with Crippen molar-refractivity contribution in [3.05, 3.63) is 67.0 Å². The zero-order valence-corrected chi connectivity index (χ0v) is 33.9. The lowest BCUT2D eigenvalue weighted by molar-refractivity contribution is 0.320. The highest BCUT2D eigenvalue weighted by Gasteiger charge is 2.15. The van der Waals surface area contributed by atoms with Gasteiger partial charge in [0.25, 0.3) is 10.1 Å². The summed E-state index contributed by atoms with van der Waals surface area (Å²) in [6, 6.07) is 0. The first kappa shape index (κ1) is 48.2. The summed E-state index contributed by atoms with van der Waals surface area (Å²) in [6.45, 7) is 15.7. The van der Waals surface area contributed by atoms with Gasteiger partial charge in [0.2, 0.25) is 0 Å². The van der Waals surface area contributed by atoms with Gasteiger partial charge in [-0.1, -0.05) is 31.0 Å². The Hall–Kier alpha value is -4.86. The van der Waals surface area contributed by atoms with Gasteiger partial charge >= 0.3 is 0 Å². The van der Waals surface area contributed by atoms with E-state index in [1.807, 2.05) is 54.7 Å². The topological polar surface area (TPSA) is 303 Å². The van der Waals surface area contributed by atoms with Crippen LogP contribution in [0.3, 0.4) is 0 Å². The van der Waals surface area contributed by atoms with Crippen LogP contribution in [-0.2, 0) is 48.4 Å². The van der Waals surface area contributed by atoms with Crippen molar-refractivity contribution in [2.45, 2.75) is 91.6 Å². The summed E-state index contributed by atoms with van der Waals surface area (Å²) in [5.74, 6) is -0.290. The number of rotatable bonds is 23. The van der Waals surface area contributed by atoms with Crippen LogP contribution in [0.5, 0.6) is 0 Å². The van der Waals surface area contributed by atoms with Crippen LogP contribution in [0.1, 0.15) is 70.5 Å². The van der Waals surface area contributed by atoms with Crippen LogP contribution in [0.2, 0.25) is 0 Å². The predicted molar refractivity (Wildman–Crippen MR) is 207 cm³/mol. The van der Waals surface area contributed by atoms with Crippen LogP contribution in [-0.4, -0.2) is 139 Å². The number of hydrogen-bond donors (Lipinski definition) is 1.